The third kappa shape index (κ3) is 17.2. The van der Waals surface area contributed by atoms with Crippen LogP contribution in [-0.2, 0) is 63.8 Å². The van der Waals surface area contributed by atoms with Crippen LogP contribution < -0.4 is 0 Å². The van der Waals surface area contributed by atoms with E-state index in [0.29, 0.717) is 149 Å². The quantitative estimate of drug-likeness (QED) is 0.0212. The number of benzene rings is 4. The summed E-state index contributed by atoms with van der Waals surface area (Å²) in [4.78, 5) is 91.1. The van der Waals surface area contributed by atoms with Gasteiger partial charge in [0.25, 0.3) is 0 Å². The molecular weight excluding hydrogens is 1100 g/mol. The monoisotopic (exact) mass is 1190 g/mol. The van der Waals surface area contributed by atoms with Crippen molar-refractivity contribution >= 4 is 68.0 Å². The average molecular weight is 1200 g/mol. The lowest BCUT2D eigenvalue weighted by molar-refractivity contribution is -0.144. The Labute approximate surface area is 518 Å². The number of hydrogen-bond acceptors (Lipinski definition) is 14. The first-order valence-electron chi connectivity index (χ1n) is 33.1. The molecule has 9 rings (SSSR count). The number of carbonyl (C=O) groups is 4. The van der Waals surface area contributed by atoms with E-state index in [2.05, 4.69) is 80.1 Å². The molecule has 2 aliphatic rings. The highest BCUT2D eigenvalue weighted by Gasteiger charge is 2.27. The zero-order valence-corrected chi connectivity index (χ0v) is 52.5. The van der Waals surface area contributed by atoms with E-state index >= 15 is 0 Å². The normalized spacial score (nSPS) is 11.7. The van der Waals surface area contributed by atoms with Crippen LogP contribution in [0.5, 0.6) is 0 Å². The number of aromatic nitrogens is 8. The number of fused-ring (bicyclic) bond motifs is 20. The van der Waals surface area contributed by atoms with Crippen molar-refractivity contribution in [1.82, 2.24) is 39.9 Å². The zero-order chi connectivity index (χ0) is 61.5. The summed E-state index contributed by atoms with van der Waals surface area (Å²) in [6, 6.07) is 24.9. The van der Waals surface area contributed by atoms with Gasteiger partial charge in [0.05, 0.1) is 26.4 Å². The minimum Gasteiger partial charge on any atom is -0.466 e. The third-order valence-electron chi connectivity index (χ3n) is 16.6. The second-order valence-electron chi connectivity index (χ2n) is 23.5. The standard InChI is InChI=1S/C72H90N8O8/c1-5-9-21-45-85-57(81)41-17-13-29-49-33-25-37-53-61(49)69-74-65(53)73-66-54-38-26-34-50(30-14-18-42-58(82)86-46-22-10-6-2)62(54)70(75-66)77-68-56-40-28-36-52(32-16-20-44-60(84)88-48-24-12-8-4)64(56)72(79-68)80-71-63-51(35-27-39-55(63)67(76-69)78-71)31-15-19-43-59(83)87-47-23-11-7-3/h25-28,33-40H,5-24,29-32,41-48H2,1-4H3,(H2,73,74,75,76,77,78,79,80). The summed E-state index contributed by atoms with van der Waals surface area (Å²) < 4.78 is 22.3. The highest BCUT2D eigenvalue weighted by Crippen LogP contribution is 2.41. The fraction of sp³-hybridized carbons (Fsp3) is 0.500. The number of nitrogens with one attached hydrogen (secondary N) is 2. The first-order valence-corrected chi connectivity index (χ1v) is 33.1. The molecule has 7 aromatic rings. The van der Waals surface area contributed by atoms with E-state index in [4.69, 9.17) is 48.9 Å². The van der Waals surface area contributed by atoms with Crippen LogP contribution in [0.25, 0.3) is 89.7 Å². The fourth-order valence-electron chi connectivity index (χ4n) is 11.9. The zero-order valence-electron chi connectivity index (χ0n) is 52.5. The van der Waals surface area contributed by atoms with Crippen LogP contribution in [0.3, 0.4) is 0 Å². The molecule has 0 spiro atoms. The first kappa shape index (κ1) is 64.6. The predicted molar refractivity (Wildman–Crippen MR) is 348 cm³/mol. The van der Waals surface area contributed by atoms with E-state index in [0.717, 1.165) is 169 Å². The van der Waals surface area contributed by atoms with Crippen LogP contribution in [0.1, 0.15) is 204 Å². The smallest absolute Gasteiger partial charge is 0.305 e. The number of rotatable bonds is 36. The third-order valence-corrected chi connectivity index (χ3v) is 16.6. The van der Waals surface area contributed by atoms with Crippen molar-refractivity contribution < 1.29 is 38.1 Å². The number of hydrogen-bond donors (Lipinski definition) is 2. The molecule has 0 saturated carbocycles. The van der Waals surface area contributed by atoms with Gasteiger partial charge in [0.1, 0.15) is 22.6 Å². The molecule has 16 nitrogen and oxygen atoms in total. The number of carbonyl (C=O) groups excluding carboxylic acids is 4. The van der Waals surface area contributed by atoms with Gasteiger partial charge in [0.2, 0.25) is 0 Å². The maximum absolute atomic E-state index is 12.8. The Morgan fingerprint density at radius 3 is 1.00 bits per heavy atom. The van der Waals surface area contributed by atoms with Crippen LogP contribution in [0.15, 0.2) is 72.8 Å². The van der Waals surface area contributed by atoms with Gasteiger partial charge in [-0.15, -0.1) is 0 Å². The lowest BCUT2D eigenvalue weighted by atomic mass is 9.97. The van der Waals surface area contributed by atoms with Crippen molar-refractivity contribution in [2.75, 3.05) is 26.4 Å². The van der Waals surface area contributed by atoms with Crippen LogP contribution >= 0.6 is 0 Å². The minimum atomic E-state index is -0.170. The van der Waals surface area contributed by atoms with E-state index in [9.17, 15) is 19.2 Å². The molecule has 88 heavy (non-hydrogen) atoms. The SMILES string of the molecule is CCCCCOC(=O)CCCCc1cccc2c1-c1nc-2nc2[nH]c(nc3nc(nc4[nH]c(n1)c1cccc(CCCCC(=O)OCCCCC)c41)-c1c(CCCCC(=O)OCCCCC)cccc1-3)c1c(CCCCC(=O)OCCCCC)cccc21. The summed E-state index contributed by atoms with van der Waals surface area (Å²) in [6.45, 7) is 10.3. The minimum absolute atomic E-state index is 0.167. The summed E-state index contributed by atoms with van der Waals surface area (Å²) >= 11 is 0. The maximum Gasteiger partial charge on any atom is 0.305 e. The number of aryl methyl sites for hydroxylation is 4. The van der Waals surface area contributed by atoms with Gasteiger partial charge in [-0.05, 0) is 125 Å². The molecule has 2 N–H and O–H groups in total. The highest BCUT2D eigenvalue weighted by atomic mass is 16.5. The van der Waals surface area contributed by atoms with E-state index < -0.39 is 0 Å². The van der Waals surface area contributed by atoms with E-state index in [-0.39, 0.29) is 23.9 Å². The lowest BCUT2D eigenvalue weighted by Gasteiger charge is -2.08. The molecule has 466 valence electrons. The Morgan fingerprint density at radius 1 is 0.330 bits per heavy atom. The number of aromatic amines is 2. The Morgan fingerprint density at radius 2 is 0.636 bits per heavy atom. The van der Waals surface area contributed by atoms with Gasteiger partial charge in [-0.3, -0.25) is 19.2 Å². The molecule has 0 aliphatic carbocycles. The molecule has 8 bridgehead atoms. The summed E-state index contributed by atoms with van der Waals surface area (Å²) in [6.07, 6.45) is 21.6. The van der Waals surface area contributed by atoms with Gasteiger partial charge in [-0.2, -0.15) is 0 Å². The molecular formula is C72H90N8O8. The number of esters is 4. The van der Waals surface area contributed by atoms with Crippen LogP contribution in [0.2, 0.25) is 0 Å². The summed E-state index contributed by atoms with van der Waals surface area (Å²) in [5, 5.41) is 3.52. The Kier molecular flexibility index (Phi) is 24.6. The molecule has 0 fully saturated rings. The fourth-order valence-corrected chi connectivity index (χ4v) is 11.9. The van der Waals surface area contributed by atoms with E-state index in [1.807, 2.05) is 30.3 Å². The van der Waals surface area contributed by atoms with Gasteiger partial charge in [-0.1, -0.05) is 152 Å². The van der Waals surface area contributed by atoms with Crippen molar-refractivity contribution in [2.24, 2.45) is 0 Å². The maximum atomic E-state index is 12.8. The van der Waals surface area contributed by atoms with E-state index in [1.165, 1.54) is 0 Å². The van der Waals surface area contributed by atoms with Crippen LogP contribution in [-0.4, -0.2) is 90.2 Å². The predicted octanol–water partition coefficient (Wildman–Crippen LogP) is 16.7. The lowest BCUT2D eigenvalue weighted by Crippen LogP contribution is -2.05. The summed E-state index contributed by atoms with van der Waals surface area (Å²) in [7, 11) is 0. The summed E-state index contributed by atoms with van der Waals surface area (Å²) in [5.41, 5.74) is 9.93. The molecule has 4 aromatic carbocycles. The largest absolute Gasteiger partial charge is 0.466 e. The van der Waals surface area contributed by atoms with E-state index in [1.54, 1.807) is 0 Å². The second-order valence-corrected chi connectivity index (χ2v) is 23.5. The Balaban J connectivity index is 1.18. The summed E-state index contributed by atoms with van der Waals surface area (Å²) in [5.74, 6) is 1.31. The molecule has 0 atom stereocenters. The Hall–Kier alpha value is -7.88. The van der Waals surface area contributed by atoms with Gasteiger partial charge < -0.3 is 28.9 Å². The van der Waals surface area contributed by atoms with Crippen LogP contribution in [0.4, 0.5) is 0 Å². The number of H-pyrrole nitrogens is 2. The topological polar surface area (TPSA) is 214 Å². The van der Waals surface area contributed by atoms with Crippen molar-refractivity contribution in [2.45, 2.75) is 207 Å². The molecule has 3 aromatic heterocycles. The van der Waals surface area contributed by atoms with Gasteiger partial charge >= 0.3 is 23.9 Å². The number of unbranched alkanes of at least 4 members (excludes halogenated alkanes) is 12. The number of nitrogens with zero attached hydrogens (tertiary/aromatic N) is 6. The highest BCUT2D eigenvalue weighted by molar-refractivity contribution is 6.08. The molecule has 0 unspecified atom stereocenters. The molecule has 0 amide bonds. The van der Waals surface area contributed by atoms with Crippen molar-refractivity contribution in [3.63, 3.8) is 0 Å². The van der Waals surface area contributed by atoms with Gasteiger partial charge in [-0.25, -0.2) is 29.9 Å². The van der Waals surface area contributed by atoms with Crippen molar-refractivity contribution in [1.29, 1.82) is 0 Å². The van der Waals surface area contributed by atoms with Crippen molar-refractivity contribution in [3.8, 4) is 45.6 Å². The van der Waals surface area contributed by atoms with Gasteiger partial charge in [0, 0.05) is 69.5 Å². The van der Waals surface area contributed by atoms with Gasteiger partial charge in [0.15, 0.2) is 23.3 Å². The average Bonchev–Trinajstić information content (AvgIpc) is 2.37. The molecule has 5 heterocycles. The Bertz CT molecular complexity index is 3680. The molecule has 0 radical (unpaired) electrons. The first-order chi connectivity index (χ1) is 43.2. The van der Waals surface area contributed by atoms with Crippen molar-refractivity contribution in [3.05, 3.63) is 95.1 Å². The molecule has 2 aliphatic heterocycles. The molecule has 16 heteroatoms. The van der Waals surface area contributed by atoms with Crippen LogP contribution in [0, 0.1) is 0 Å². The second kappa shape index (κ2) is 33.5. The number of ether oxygens (including phenoxy) is 4. The molecule has 0 saturated heterocycles.